The van der Waals surface area contributed by atoms with Crippen molar-refractivity contribution in [1.29, 1.82) is 0 Å². The maximum absolute atomic E-state index is 11.5. The molecule has 0 saturated carbocycles. The van der Waals surface area contributed by atoms with E-state index in [1.807, 2.05) is 0 Å². The lowest BCUT2D eigenvalue weighted by Gasteiger charge is -2.23. The fourth-order valence-corrected chi connectivity index (χ4v) is 1.18. The van der Waals surface area contributed by atoms with Crippen LogP contribution >= 0.6 is 0 Å². The van der Waals surface area contributed by atoms with E-state index >= 15 is 0 Å². The van der Waals surface area contributed by atoms with Gasteiger partial charge in [-0.25, -0.2) is 4.79 Å². The number of aliphatic hydroxyl groups is 4. The summed E-state index contributed by atoms with van der Waals surface area (Å²) in [6.45, 7) is 1.61. The minimum absolute atomic E-state index is 0. The van der Waals surface area contributed by atoms with Gasteiger partial charge in [-0.3, -0.25) is 4.79 Å². The number of hydrogen-bond acceptors (Lipinski definition) is 6. The van der Waals surface area contributed by atoms with Gasteiger partial charge in [0, 0.05) is 9.99 Å². The quantitative estimate of drug-likeness (QED) is 0.403. The van der Waals surface area contributed by atoms with E-state index in [1.54, 1.807) is 6.92 Å². The summed E-state index contributed by atoms with van der Waals surface area (Å²) in [4.78, 5) is 21.9. The van der Waals surface area contributed by atoms with Gasteiger partial charge < -0.3 is 25.5 Å². The standard InChI is InChI=1S/C16H14O7.7H2/c1-2-3-4-5-6-7-8-9-10-11(17)12(18)13(19)14(20)15(21)16(22)23;;;;;;;/h12-15,18-21H,10H2,1H3,(H,22,23);7*1H/t12-,13+,14-,15-;;;;;;;/m1......./s1. The number of aliphatic carboxylic acids is 1. The molecule has 0 aliphatic rings. The molecule has 134 valence electrons. The first-order valence-electron chi connectivity index (χ1n) is 6.20. The van der Waals surface area contributed by atoms with Crippen LogP contribution in [0, 0.1) is 47.4 Å². The smallest absolute Gasteiger partial charge is 0.335 e. The molecule has 0 amide bonds. The van der Waals surface area contributed by atoms with Crippen LogP contribution in [0.25, 0.3) is 0 Å². The zero-order chi connectivity index (χ0) is 17.8. The number of ketones is 1. The zero-order valence-corrected chi connectivity index (χ0v) is 12.1. The number of aliphatic hydroxyl groups excluding tert-OH is 4. The second-order valence-electron chi connectivity index (χ2n) is 4.03. The predicted octanol–water partition coefficient (Wildman–Crippen LogP) is -0.771. The molecule has 0 aromatic carbocycles. The summed E-state index contributed by atoms with van der Waals surface area (Å²) in [5.74, 6) is 16.2. The van der Waals surface area contributed by atoms with Crippen molar-refractivity contribution in [2.45, 2.75) is 37.8 Å². The first-order chi connectivity index (χ1) is 10.8. The van der Waals surface area contributed by atoms with Crippen LogP contribution in [0.15, 0.2) is 0 Å². The van der Waals surface area contributed by atoms with Crippen LogP contribution in [-0.2, 0) is 9.59 Å². The van der Waals surface area contributed by atoms with Gasteiger partial charge in [-0.1, -0.05) is 11.8 Å². The van der Waals surface area contributed by atoms with Crippen molar-refractivity contribution in [2.24, 2.45) is 0 Å². The summed E-state index contributed by atoms with van der Waals surface area (Å²) in [5.41, 5.74) is 0. The molecule has 0 spiro atoms. The third-order valence-electron chi connectivity index (χ3n) is 2.37. The third-order valence-corrected chi connectivity index (χ3v) is 2.37. The van der Waals surface area contributed by atoms with E-state index in [2.05, 4.69) is 47.4 Å². The highest BCUT2D eigenvalue weighted by atomic mass is 16.4. The maximum atomic E-state index is 11.5. The lowest BCUT2D eigenvalue weighted by atomic mass is 9.99. The van der Waals surface area contributed by atoms with Crippen LogP contribution in [0.2, 0.25) is 0 Å². The molecule has 7 nitrogen and oxygen atoms in total. The van der Waals surface area contributed by atoms with E-state index in [0.29, 0.717) is 0 Å². The van der Waals surface area contributed by atoms with Gasteiger partial charge in [0.1, 0.15) is 18.3 Å². The molecule has 0 fully saturated rings. The van der Waals surface area contributed by atoms with Crippen LogP contribution in [0.3, 0.4) is 0 Å². The fraction of sp³-hybridized carbons (Fsp3) is 0.375. The van der Waals surface area contributed by atoms with Crippen LogP contribution in [0.1, 0.15) is 23.3 Å². The molecule has 0 unspecified atom stereocenters. The predicted molar refractivity (Wildman–Crippen MR) is 92.9 cm³/mol. The van der Waals surface area contributed by atoms with Gasteiger partial charge in [0.05, 0.1) is 6.42 Å². The normalized spacial score (nSPS) is 13.8. The molecule has 0 aromatic heterocycles. The second kappa shape index (κ2) is 10.9. The van der Waals surface area contributed by atoms with Crippen molar-refractivity contribution < 1.29 is 45.1 Å². The lowest BCUT2D eigenvalue weighted by Crippen LogP contribution is -2.49. The van der Waals surface area contributed by atoms with Crippen molar-refractivity contribution in [3.63, 3.8) is 0 Å². The molecule has 0 aromatic rings. The molecule has 0 saturated heterocycles. The Morgan fingerprint density at radius 3 is 1.87 bits per heavy atom. The molecular formula is C16H28O7. The Kier molecular flexibility index (Phi) is 9.56. The van der Waals surface area contributed by atoms with Crippen LogP contribution < -0.4 is 0 Å². The van der Waals surface area contributed by atoms with Crippen molar-refractivity contribution in [1.82, 2.24) is 0 Å². The number of carbonyl (C=O) groups excluding carboxylic acids is 1. The number of carbonyl (C=O) groups is 2. The minimum Gasteiger partial charge on any atom is -0.479 e. The Morgan fingerprint density at radius 1 is 0.870 bits per heavy atom. The van der Waals surface area contributed by atoms with Gasteiger partial charge in [0.25, 0.3) is 0 Å². The largest absolute Gasteiger partial charge is 0.479 e. The molecule has 0 radical (unpaired) electrons. The Bertz CT molecular complexity index is 702. The number of carboxylic acid groups (broad SMARTS) is 1. The highest BCUT2D eigenvalue weighted by Crippen LogP contribution is 2.07. The number of hydrogen-bond donors (Lipinski definition) is 5. The number of Topliss-reactive ketones (excluding diaryl/α,β-unsaturated/α-hetero) is 1. The van der Waals surface area contributed by atoms with Crippen LogP contribution in [0.5, 0.6) is 0 Å². The van der Waals surface area contributed by atoms with E-state index < -0.39 is 42.6 Å². The molecule has 0 aliphatic heterocycles. The molecular weight excluding hydrogens is 304 g/mol. The Balaban J connectivity index is -0.000000115. The molecule has 4 atom stereocenters. The van der Waals surface area contributed by atoms with E-state index in [4.69, 9.17) is 10.2 Å². The average Bonchev–Trinajstić information content (AvgIpc) is 2.54. The van der Waals surface area contributed by atoms with Gasteiger partial charge in [-0.2, -0.15) is 0 Å². The number of carboxylic acids is 1. The number of rotatable bonds is 6. The van der Waals surface area contributed by atoms with Crippen molar-refractivity contribution in [2.75, 3.05) is 0 Å². The monoisotopic (exact) mass is 332 g/mol. The lowest BCUT2D eigenvalue weighted by molar-refractivity contribution is -0.165. The van der Waals surface area contributed by atoms with Crippen molar-refractivity contribution in [3.05, 3.63) is 0 Å². The SMILES string of the molecule is CC#CC#CC#CC#CCC(=O)[C@@H](O)[C@H](O)[C@@H](O)[C@@H](O)C(=O)O.[HH].[HH].[HH].[HH].[HH].[HH].[HH]. The van der Waals surface area contributed by atoms with E-state index in [0.717, 1.165) is 0 Å². The second-order valence-corrected chi connectivity index (χ2v) is 4.03. The topological polar surface area (TPSA) is 135 Å². The van der Waals surface area contributed by atoms with Gasteiger partial charge in [0.2, 0.25) is 0 Å². The van der Waals surface area contributed by atoms with E-state index in [1.165, 1.54) is 0 Å². The zero-order valence-electron chi connectivity index (χ0n) is 12.1. The molecule has 0 aliphatic carbocycles. The summed E-state index contributed by atoms with van der Waals surface area (Å²) in [5, 5.41) is 45.7. The summed E-state index contributed by atoms with van der Waals surface area (Å²) in [6, 6.07) is 0. The van der Waals surface area contributed by atoms with Gasteiger partial charge in [0.15, 0.2) is 11.9 Å². The molecule has 7 heteroatoms. The molecule has 0 heterocycles. The minimum atomic E-state index is -2.34. The fourth-order valence-electron chi connectivity index (χ4n) is 1.18. The third kappa shape index (κ3) is 7.69. The Labute approximate surface area is 143 Å². The Morgan fingerprint density at radius 2 is 1.35 bits per heavy atom. The summed E-state index contributed by atoms with van der Waals surface area (Å²) < 4.78 is 0. The molecule has 0 rings (SSSR count). The van der Waals surface area contributed by atoms with Crippen LogP contribution in [0.4, 0.5) is 0 Å². The maximum Gasteiger partial charge on any atom is 0.335 e. The highest BCUT2D eigenvalue weighted by molar-refractivity contribution is 5.86. The summed E-state index contributed by atoms with van der Waals surface area (Å²) >= 11 is 0. The highest BCUT2D eigenvalue weighted by Gasteiger charge is 2.36. The van der Waals surface area contributed by atoms with Gasteiger partial charge >= 0.3 is 5.97 Å². The van der Waals surface area contributed by atoms with Gasteiger partial charge in [-0.15, -0.1) is 0 Å². The summed E-state index contributed by atoms with van der Waals surface area (Å²) in [6.07, 6.45) is -9.32. The van der Waals surface area contributed by atoms with E-state index in [-0.39, 0.29) is 9.99 Å². The first kappa shape index (κ1) is 20.2. The van der Waals surface area contributed by atoms with Crippen molar-refractivity contribution in [3.8, 4) is 47.4 Å². The average molecular weight is 332 g/mol. The molecule has 5 N–H and O–H groups in total. The Hall–Kier alpha value is -2.78. The van der Waals surface area contributed by atoms with Gasteiger partial charge in [-0.05, 0) is 42.4 Å². The molecule has 23 heavy (non-hydrogen) atoms. The summed E-state index contributed by atoms with van der Waals surface area (Å²) in [7, 11) is 0. The van der Waals surface area contributed by atoms with Crippen LogP contribution in [-0.4, -0.2) is 61.7 Å². The van der Waals surface area contributed by atoms with E-state index in [9.17, 15) is 24.9 Å². The first-order valence-corrected chi connectivity index (χ1v) is 6.20. The van der Waals surface area contributed by atoms with Crippen molar-refractivity contribution >= 4 is 11.8 Å². The molecule has 0 bridgehead atoms.